The first-order chi connectivity index (χ1) is 17.5. The lowest BCUT2D eigenvalue weighted by Gasteiger charge is -2.33. The van der Waals surface area contributed by atoms with Gasteiger partial charge < -0.3 is 32.5 Å². The molecule has 1 aromatic rings. The molecule has 0 bridgehead atoms. The minimum Gasteiger partial charge on any atom is -0.402 e. The van der Waals surface area contributed by atoms with Gasteiger partial charge in [-0.15, -0.1) is 0 Å². The number of aromatic nitrogens is 1. The van der Waals surface area contributed by atoms with Crippen molar-refractivity contribution in [2.45, 2.75) is 58.5 Å². The van der Waals surface area contributed by atoms with E-state index in [4.69, 9.17) is 16.6 Å². The van der Waals surface area contributed by atoms with Gasteiger partial charge in [-0.1, -0.05) is 0 Å². The summed E-state index contributed by atoms with van der Waals surface area (Å²) in [5.74, 6) is -0.674. The molecule has 37 heavy (non-hydrogen) atoms. The van der Waals surface area contributed by atoms with Gasteiger partial charge in [0, 0.05) is 28.8 Å². The number of amides is 1. The molecule has 198 valence electrons. The molecule has 1 aliphatic heterocycles. The van der Waals surface area contributed by atoms with Crippen LogP contribution in [0.4, 0.5) is 19.0 Å². The molecule has 2 aliphatic carbocycles. The number of fused-ring (bicyclic) bond motifs is 1. The second-order valence-corrected chi connectivity index (χ2v) is 9.97. The molecule has 2 saturated carbocycles. The van der Waals surface area contributed by atoms with Crippen molar-refractivity contribution in [2.24, 2.45) is 23.5 Å². The number of pyridine rings is 1. The molecule has 1 amide bonds. The number of carbonyl (C=O) groups excluding carboxylic acids is 1. The van der Waals surface area contributed by atoms with E-state index in [1.165, 1.54) is 32.1 Å². The Hall–Kier alpha value is -3.63. The zero-order chi connectivity index (χ0) is 27.0. The van der Waals surface area contributed by atoms with Gasteiger partial charge in [-0.3, -0.25) is 4.79 Å². The first kappa shape index (κ1) is 26.4. The topological polar surface area (TPSA) is 140 Å². The Kier molecular flexibility index (Phi) is 7.42. The van der Waals surface area contributed by atoms with Crippen LogP contribution in [-0.4, -0.2) is 41.3 Å². The van der Waals surface area contributed by atoms with Crippen LogP contribution in [0.3, 0.4) is 0 Å². The summed E-state index contributed by atoms with van der Waals surface area (Å²) < 4.78 is 41.3. The molecule has 0 saturated heterocycles. The highest BCUT2D eigenvalue weighted by Gasteiger charge is 2.55. The average Bonchev–Trinajstić information content (AvgIpc) is 3.73. The highest BCUT2D eigenvalue weighted by molar-refractivity contribution is 6.21. The number of carbonyl (C=O) groups is 1. The van der Waals surface area contributed by atoms with E-state index in [9.17, 15) is 18.0 Å². The zero-order valence-electron chi connectivity index (χ0n) is 21.0. The van der Waals surface area contributed by atoms with Crippen molar-refractivity contribution in [1.82, 2.24) is 15.6 Å². The number of rotatable bonds is 10. The van der Waals surface area contributed by atoms with Gasteiger partial charge in [0.25, 0.3) is 6.43 Å². The number of allylic oxidation sites excluding steroid dienone is 4. The van der Waals surface area contributed by atoms with Crippen LogP contribution in [0.2, 0.25) is 0 Å². The van der Waals surface area contributed by atoms with Crippen LogP contribution in [0.1, 0.15) is 45.6 Å². The Morgan fingerprint density at radius 2 is 2.00 bits per heavy atom. The third-order valence-corrected chi connectivity index (χ3v) is 7.07. The highest BCUT2D eigenvalue weighted by atomic mass is 19.3. The molecular weight excluding hydrogens is 483 g/mol. The normalized spacial score (nSPS) is 24.5. The number of nitrogens with one attached hydrogen (secondary N) is 5. The predicted octanol–water partition coefficient (Wildman–Crippen LogP) is 3.94. The monoisotopic (exact) mass is 515 g/mol. The maximum atomic E-state index is 14.9. The van der Waals surface area contributed by atoms with Crippen LogP contribution < -0.4 is 21.7 Å². The van der Waals surface area contributed by atoms with E-state index in [-0.39, 0.29) is 40.2 Å². The molecule has 3 aliphatic rings. The molecule has 3 unspecified atom stereocenters. The van der Waals surface area contributed by atoms with Crippen molar-refractivity contribution in [3.05, 3.63) is 52.4 Å². The van der Waals surface area contributed by atoms with Gasteiger partial charge in [-0.05, 0) is 81.6 Å². The van der Waals surface area contributed by atoms with Gasteiger partial charge in [0.05, 0.1) is 17.4 Å². The van der Waals surface area contributed by atoms with E-state index in [1.54, 1.807) is 6.92 Å². The van der Waals surface area contributed by atoms with Crippen molar-refractivity contribution in [3.8, 4) is 0 Å². The minimum atomic E-state index is -2.60. The Balaban J connectivity index is 1.58. The summed E-state index contributed by atoms with van der Waals surface area (Å²) in [7, 11) is 0. The maximum Gasteiger partial charge on any atom is 0.258 e. The molecule has 2 fully saturated rings. The lowest BCUT2D eigenvalue weighted by molar-refractivity contribution is -0.119. The number of nitrogens with zero attached hydrogens (tertiary/aromatic N) is 1. The summed E-state index contributed by atoms with van der Waals surface area (Å²) in [5.41, 5.74) is 8.51. The van der Waals surface area contributed by atoms with Crippen molar-refractivity contribution < 1.29 is 18.0 Å². The fraction of sp³-hybridized carbons (Fsp3) is 0.462. The first-order valence-electron chi connectivity index (χ1n) is 12.3. The quantitative estimate of drug-likeness (QED) is 0.207. The predicted molar refractivity (Wildman–Crippen MR) is 137 cm³/mol. The SMILES string of the molecule is CC(=N)/C(=C(/C)N)c1ccc(NC(=O)[C@H]2NC(/C(=C/C=N)NC(C)C(F)F)=C3CC3C2C2CC2)nc1F. The summed E-state index contributed by atoms with van der Waals surface area (Å²) in [4.78, 5) is 17.3. The van der Waals surface area contributed by atoms with Gasteiger partial charge in [-0.25, -0.2) is 13.8 Å². The molecule has 11 heteroatoms. The van der Waals surface area contributed by atoms with Crippen molar-refractivity contribution in [2.75, 3.05) is 5.32 Å². The number of halogens is 3. The second-order valence-electron chi connectivity index (χ2n) is 9.97. The molecule has 8 nitrogen and oxygen atoms in total. The maximum absolute atomic E-state index is 14.9. The van der Waals surface area contributed by atoms with Crippen LogP contribution in [0.25, 0.3) is 5.57 Å². The molecule has 4 rings (SSSR count). The third-order valence-electron chi connectivity index (χ3n) is 7.07. The summed E-state index contributed by atoms with van der Waals surface area (Å²) in [6.45, 7) is 4.43. The lowest BCUT2D eigenvalue weighted by Crippen LogP contribution is -2.50. The van der Waals surface area contributed by atoms with Gasteiger partial charge >= 0.3 is 0 Å². The smallest absolute Gasteiger partial charge is 0.258 e. The van der Waals surface area contributed by atoms with E-state index in [1.807, 2.05) is 0 Å². The number of anilines is 1. The second kappa shape index (κ2) is 10.4. The Morgan fingerprint density at radius 3 is 2.54 bits per heavy atom. The van der Waals surface area contributed by atoms with Crippen LogP contribution in [0.15, 0.2) is 40.9 Å². The van der Waals surface area contributed by atoms with Crippen LogP contribution in [0, 0.1) is 34.5 Å². The lowest BCUT2D eigenvalue weighted by atomic mass is 9.85. The van der Waals surface area contributed by atoms with E-state index in [0.717, 1.165) is 31.1 Å². The Labute approximate surface area is 213 Å². The summed E-state index contributed by atoms with van der Waals surface area (Å²) in [5, 5.41) is 24.1. The molecule has 0 aromatic carbocycles. The van der Waals surface area contributed by atoms with Gasteiger partial charge in [-0.2, -0.15) is 4.39 Å². The summed E-state index contributed by atoms with van der Waals surface area (Å²) in [6.07, 6.45) is 2.60. The van der Waals surface area contributed by atoms with Gasteiger partial charge in [0.2, 0.25) is 11.9 Å². The van der Waals surface area contributed by atoms with E-state index >= 15 is 0 Å². The number of hydrogen-bond acceptors (Lipinski definition) is 7. The van der Waals surface area contributed by atoms with Gasteiger partial charge in [0.15, 0.2) is 0 Å². The number of alkyl halides is 2. The Bertz CT molecular complexity index is 1210. The van der Waals surface area contributed by atoms with Gasteiger partial charge in [0.1, 0.15) is 11.9 Å². The molecule has 2 heterocycles. The first-order valence-corrected chi connectivity index (χ1v) is 12.3. The standard InChI is InChI=1S/C26H32F3N7O/c1-11(31)20(12(2)32)15-6-7-19(34-25(15)29)35-26(37)23-21(14-4-5-14)16-10-17(16)22(36-23)18(8-9-30)33-13(3)24(27)28/h6-9,13-14,16,21,23-24,30-31,33,36H,4-5,10,32H2,1-3H3,(H,34,35,37)/b18-8-,20-12+,30-9?,31-11?/t13?,16?,21?,23-/m0/s1. The zero-order valence-corrected chi connectivity index (χ0v) is 21.0. The highest BCUT2D eigenvalue weighted by Crippen LogP contribution is 2.57. The fourth-order valence-corrected chi connectivity index (χ4v) is 5.18. The molecule has 4 atom stereocenters. The molecule has 0 spiro atoms. The Morgan fingerprint density at radius 1 is 1.30 bits per heavy atom. The van der Waals surface area contributed by atoms with E-state index < -0.39 is 30.4 Å². The molecule has 0 radical (unpaired) electrons. The number of hydrogen-bond donors (Lipinski definition) is 6. The minimum absolute atomic E-state index is 0.0195. The molecule has 7 N–H and O–H groups in total. The molecular formula is C26H32F3N7O. The fourth-order valence-electron chi connectivity index (χ4n) is 5.18. The largest absolute Gasteiger partial charge is 0.402 e. The van der Waals surface area contributed by atoms with E-state index in [0.29, 0.717) is 17.3 Å². The van der Waals surface area contributed by atoms with Crippen LogP contribution in [-0.2, 0) is 4.79 Å². The molecule has 1 aromatic heterocycles. The summed E-state index contributed by atoms with van der Waals surface area (Å²) in [6, 6.07) is 1.08. The van der Waals surface area contributed by atoms with Crippen molar-refractivity contribution >= 4 is 29.2 Å². The van der Waals surface area contributed by atoms with Crippen LogP contribution in [0.5, 0.6) is 0 Å². The van der Waals surface area contributed by atoms with E-state index in [2.05, 4.69) is 20.9 Å². The number of nitrogens with two attached hydrogens (primary N) is 1. The van der Waals surface area contributed by atoms with Crippen LogP contribution >= 0.6 is 0 Å². The third kappa shape index (κ3) is 5.55. The van der Waals surface area contributed by atoms with Crippen molar-refractivity contribution in [1.29, 1.82) is 10.8 Å². The summed E-state index contributed by atoms with van der Waals surface area (Å²) >= 11 is 0. The average molecular weight is 516 g/mol. The van der Waals surface area contributed by atoms with Crippen molar-refractivity contribution in [3.63, 3.8) is 0 Å².